The average molecular weight is 685 g/mol. The SMILES string of the molecule is C=CC.c1ccc(N(c2ccccc2)c2cccc(-c3ncccc3-c3cccnc3-c3cccc(N(c4ccccc4)c4ccccc4)c3)c2)cc1. The number of pyridine rings is 2. The topological polar surface area (TPSA) is 32.3 Å². The number of nitrogens with zero attached hydrogens (tertiary/aromatic N) is 4. The van der Waals surface area contributed by atoms with Crippen molar-refractivity contribution in [1.29, 1.82) is 0 Å². The molecule has 0 bridgehead atoms. The van der Waals surface area contributed by atoms with Gasteiger partial charge in [-0.1, -0.05) is 115 Å². The summed E-state index contributed by atoms with van der Waals surface area (Å²) in [7, 11) is 0. The molecule has 8 rings (SSSR count). The minimum atomic E-state index is 0.899. The van der Waals surface area contributed by atoms with E-state index in [0.29, 0.717) is 0 Å². The number of para-hydroxylation sites is 4. The molecule has 0 aliphatic heterocycles. The largest absolute Gasteiger partial charge is 0.310 e. The molecule has 0 aliphatic rings. The lowest BCUT2D eigenvalue weighted by atomic mass is 9.95. The van der Waals surface area contributed by atoms with Crippen LogP contribution in [0.4, 0.5) is 34.1 Å². The van der Waals surface area contributed by atoms with Gasteiger partial charge in [-0.25, -0.2) is 0 Å². The van der Waals surface area contributed by atoms with Gasteiger partial charge in [0.2, 0.25) is 0 Å². The molecule has 0 fully saturated rings. The highest BCUT2D eigenvalue weighted by molar-refractivity contribution is 5.91. The van der Waals surface area contributed by atoms with Crippen LogP contribution in [0.25, 0.3) is 33.6 Å². The van der Waals surface area contributed by atoms with E-state index in [1.54, 1.807) is 6.08 Å². The van der Waals surface area contributed by atoms with E-state index in [4.69, 9.17) is 9.97 Å². The fourth-order valence-electron chi connectivity index (χ4n) is 6.49. The summed E-state index contributed by atoms with van der Waals surface area (Å²) in [6, 6.07) is 67.4. The van der Waals surface area contributed by atoms with Crippen molar-refractivity contribution in [2.45, 2.75) is 6.92 Å². The third-order valence-electron chi connectivity index (χ3n) is 8.72. The standard InChI is InChI=1S/C46H34N4.C3H6/c1-5-19-37(20-6-1)49(38-21-7-2-8-22-38)41-27-13-17-35(33-41)45-43(29-15-31-47-45)44-30-16-32-48-46(44)36-18-14-28-42(34-36)50(39-23-9-3-10-24-39)40-25-11-4-12-26-40;1-3-2/h1-34H;3H,1H2,2H3. The Morgan fingerprint density at radius 1 is 0.377 bits per heavy atom. The van der Waals surface area contributed by atoms with Gasteiger partial charge in [-0.3, -0.25) is 9.97 Å². The maximum atomic E-state index is 4.98. The van der Waals surface area contributed by atoms with Gasteiger partial charge in [0.05, 0.1) is 11.4 Å². The van der Waals surface area contributed by atoms with Crippen LogP contribution in [-0.4, -0.2) is 9.97 Å². The van der Waals surface area contributed by atoms with Gasteiger partial charge in [0.1, 0.15) is 0 Å². The van der Waals surface area contributed by atoms with Crippen molar-refractivity contribution in [3.63, 3.8) is 0 Å². The highest BCUT2D eigenvalue weighted by Gasteiger charge is 2.19. The van der Waals surface area contributed by atoms with Crippen molar-refractivity contribution < 1.29 is 0 Å². The predicted octanol–water partition coefficient (Wildman–Crippen LogP) is 13.6. The summed E-state index contributed by atoms with van der Waals surface area (Å²) in [6.07, 6.45) is 5.48. The van der Waals surface area contributed by atoms with Gasteiger partial charge >= 0.3 is 0 Å². The normalized spacial score (nSPS) is 10.4. The van der Waals surface area contributed by atoms with Crippen LogP contribution in [0.3, 0.4) is 0 Å². The minimum absolute atomic E-state index is 0.899. The van der Waals surface area contributed by atoms with Crippen molar-refractivity contribution in [3.05, 3.63) is 219 Å². The molecule has 0 unspecified atom stereocenters. The summed E-state index contributed by atoms with van der Waals surface area (Å²) in [6.45, 7) is 5.25. The van der Waals surface area contributed by atoms with Crippen LogP contribution in [0, 0.1) is 0 Å². The Morgan fingerprint density at radius 2 is 0.679 bits per heavy atom. The van der Waals surface area contributed by atoms with E-state index in [9.17, 15) is 0 Å². The number of hydrogen-bond acceptors (Lipinski definition) is 4. The molecule has 0 N–H and O–H groups in total. The molecule has 0 amide bonds. The molecule has 6 aromatic carbocycles. The maximum absolute atomic E-state index is 4.98. The first-order chi connectivity index (χ1) is 26.2. The zero-order chi connectivity index (χ0) is 36.2. The van der Waals surface area contributed by atoms with E-state index in [-0.39, 0.29) is 0 Å². The molecule has 8 aromatic rings. The molecular weight excluding hydrogens is 645 g/mol. The van der Waals surface area contributed by atoms with Crippen LogP contribution < -0.4 is 9.80 Å². The molecule has 0 saturated heterocycles. The summed E-state index contributed by atoms with van der Waals surface area (Å²) in [4.78, 5) is 14.5. The van der Waals surface area contributed by atoms with Crippen molar-refractivity contribution in [3.8, 4) is 33.6 Å². The molecule has 4 nitrogen and oxygen atoms in total. The molecule has 256 valence electrons. The second-order valence-corrected chi connectivity index (χ2v) is 12.3. The highest BCUT2D eigenvalue weighted by Crippen LogP contribution is 2.41. The first kappa shape index (κ1) is 34.4. The van der Waals surface area contributed by atoms with Gasteiger partial charge in [-0.15, -0.1) is 6.58 Å². The second kappa shape index (κ2) is 16.8. The Balaban J connectivity index is 0.00000140. The second-order valence-electron chi connectivity index (χ2n) is 12.3. The Labute approximate surface area is 312 Å². The Kier molecular flexibility index (Phi) is 10.9. The molecule has 0 aliphatic carbocycles. The number of rotatable bonds is 9. The van der Waals surface area contributed by atoms with Crippen LogP contribution in [0.1, 0.15) is 6.92 Å². The van der Waals surface area contributed by atoms with Gasteiger partial charge in [0, 0.05) is 68.8 Å². The number of aromatic nitrogens is 2. The number of allylic oxidation sites excluding steroid dienone is 1. The van der Waals surface area contributed by atoms with E-state index in [1.165, 1.54) is 0 Å². The van der Waals surface area contributed by atoms with E-state index in [1.807, 2.05) is 55.7 Å². The quantitative estimate of drug-likeness (QED) is 0.142. The maximum Gasteiger partial charge on any atom is 0.0781 e. The summed E-state index contributed by atoms with van der Waals surface area (Å²) in [5.41, 5.74) is 12.4. The minimum Gasteiger partial charge on any atom is -0.310 e. The van der Waals surface area contributed by atoms with Crippen LogP contribution in [-0.2, 0) is 0 Å². The third kappa shape index (κ3) is 7.83. The highest BCUT2D eigenvalue weighted by atomic mass is 15.1. The van der Waals surface area contributed by atoms with Crippen LogP contribution >= 0.6 is 0 Å². The van der Waals surface area contributed by atoms with Gasteiger partial charge in [-0.2, -0.15) is 0 Å². The molecule has 0 saturated carbocycles. The van der Waals surface area contributed by atoms with Crippen molar-refractivity contribution >= 4 is 34.1 Å². The van der Waals surface area contributed by atoms with Crippen LogP contribution in [0.5, 0.6) is 0 Å². The van der Waals surface area contributed by atoms with E-state index in [0.717, 1.165) is 67.8 Å². The molecule has 53 heavy (non-hydrogen) atoms. The fraction of sp³-hybridized carbons (Fsp3) is 0.0204. The Hall–Kier alpha value is -7.04. The van der Waals surface area contributed by atoms with E-state index >= 15 is 0 Å². The molecule has 0 radical (unpaired) electrons. The van der Waals surface area contributed by atoms with Gasteiger partial charge in [0.25, 0.3) is 0 Å². The monoisotopic (exact) mass is 684 g/mol. The first-order valence-corrected chi connectivity index (χ1v) is 17.7. The summed E-state index contributed by atoms with van der Waals surface area (Å²) in [5.74, 6) is 0. The van der Waals surface area contributed by atoms with E-state index < -0.39 is 0 Å². The van der Waals surface area contributed by atoms with Gasteiger partial charge in [0.15, 0.2) is 0 Å². The lowest BCUT2D eigenvalue weighted by Gasteiger charge is -2.26. The number of benzene rings is 6. The third-order valence-corrected chi connectivity index (χ3v) is 8.72. The predicted molar refractivity (Wildman–Crippen MR) is 224 cm³/mol. The van der Waals surface area contributed by atoms with Gasteiger partial charge < -0.3 is 9.80 Å². The average Bonchev–Trinajstić information content (AvgIpc) is 3.23. The molecule has 4 heteroatoms. The molecule has 2 aromatic heterocycles. The number of hydrogen-bond donors (Lipinski definition) is 0. The summed E-state index contributed by atoms with van der Waals surface area (Å²) >= 11 is 0. The lowest BCUT2D eigenvalue weighted by Crippen LogP contribution is -2.09. The zero-order valence-electron chi connectivity index (χ0n) is 29.7. The van der Waals surface area contributed by atoms with Crippen LogP contribution in [0.2, 0.25) is 0 Å². The zero-order valence-corrected chi connectivity index (χ0v) is 29.7. The van der Waals surface area contributed by atoms with Crippen molar-refractivity contribution in [2.75, 3.05) is 9.80 Å². The van der Waals surface area contributed by atoms with Crippen LogP contribution in [0.15, 0.2) is 219 Å². The lowest BCUT2D eigenvalue weighted by molar-refractivity contribution is 1.27. The number of anilines is 6. The molecule has 0 spiro atoms. The summed E-state index contributed by atoms with van der Waals surface area (Å²) in [5, 5.41) is 0. The van der Waals surface area contributed by atoms with Gasteiger partial charge in [-0.05, 0) is 91.9 Å². The first-order valence-electron chi connectivity index (χ1n) is 17.7. The summed E-state index contributed by atoms with van der Waals surface area (Å²) < 4.78 is 0. The molecular formula is C49H40N4. The smallest absolute Gasteiger partial charge is 0.0781 e. The Bertz CT molecular complexity index is 2130. The van der Waals surface area contributed by atoms with Crippen molar-refractivity contribution in [1.82, 2.24) is 9.97 Å². The molecule has 2 heterocycles. The fourth-order valence-corrected chi connectivity index (χ4v) is 6.49. The van der Waals surface area contributed by atoms with Crippen molar-refractivity contribution in [2.24, 2.45) is 0 Å². The Morgan fingerprint density at radius 3 is 1.00 bits per heavy atom. The van der Waals surface area contributed by atoms with E-state index in [2.05, 4.69) is 174 Å². The molecule has 0 atom stereocenters.